The van der Waals surface area contributed by atoms with Crippen molar-refractivity contribution in [3.05, 3.63) is 59.7 Å². The van der Waals surface area contributed by atoms with Crippen molar-refractivity contribution >= 4 is 27.5 Å². The van der Waals surface area contributed by atoms with Crippen molar-refractivity contribution in [2.24, 2.45) is 5.92 Å². The van der Waals surface area contributed by atoms with Crippen LogP contribution in [0.25, 0.3) is 0 Å². The molecule has 0 unspecified atom stereocenters. The summed E-state index contributed by atoms with van der Waals surface area (Å²) in [6.07, 6.45) is 1.06. The second kappa shape index (κ2) is 11.9. The molecule has 0 aliphatic carbocycles. The molecule has 0 spiro atoms. The van der Waals surface area contributed by atoms with Crippen LogP contribution in [-0.4, -0.2) is 57.6 Å². The number of methoxy groups -OCH3 is 1. The molecule has 2 aromatic carbocycles. The molecule has 2 rings (SSSR count). The molecule has 0 fully saturated rings. The van der Waals surface area contributed by atoms with Gasteiger partial charge < -0.3 is 15.0 Å². The average molecular weight is 490 g/mol. The Morgan fingerprint density at radius 1 is 1.00 bits per heavy atom. The first kappa shape index (κ1) is 27.2. The number of amides is 2. The van der Waals surface area contributed by atoms with Gasteiger partial charge in [0.1, 0.15) is 18.3 Å². The second-order valence-corrected chi connectivity index (χ2v) is 10.7. The van der Waals surface area contributed by atoms with Gasteiger partial charge in [0.15, 0.2) is 0 Å². The van der Waals surface area contributed by atoms with Gasteiger partial charge in [-0.2, -0.15) is 0 Å². The van der Waals surface area contributed by atoms with E-state index >= 15 is 0 Å². The highest BCUT2D eigenvalue weighted by atomic mass is 32.2. The fourth-order valence-corrected chi connectivity index (χ4v) is 4.14. The quantitative estimate of drug-likeness (QED) is 0.524. The summed E-state index contributed by atoms with van der Waals surface area (Å²) < 4.78 is 31.3. The molecule has 0 heterocycles. The van der Waals surface area contributed by atoms with Crippen LogP contribution in [0.1, 0.15) is 31.9 Å². The van der Waals surface area contributed by atoms with Gasteiger partial charge in [0.2, 0.25) is 21.8 Å². The van der Waals surface area contributed by atoms with Crippen LogP contribution in [0.3, 0.4) is 0 Å². The summed E-state index contributed by atoms with van der Waals surface area (Å²) >= 11 is 0. The second-order valence-electron chi connectivity index (χ2n) is 8.79. The summed E-state index contributed by atoms with van der Waals surface area (Å²) in [7, 11) is -2.17. The number of sulfonamides is 1. The maximum absolute atomic E-state index is 13.5. The van der Waals surface area contributed by atoms with Crippen LogP contribution in [0.2, 0.25) is 0 Å². The van der Waals surface area contributed by atoms with E-state index in [1.54, 1.807) is 50.4 Å². The zero-order chi connectivity index (χ0) is 25.5. The van der Waals surface area contributed by atoms with E-state index in [1.807, 2.05) is 32.9 Å². The number of anilines is 1. The third-order valence-electron chi connectivity index (χ3n) is 5.36. The minimum Gasteiger partial charge on any atom is -0.497 e. The maximum Gasteiger partial charge on any atom is 0.244 e. The largest absolute Gasteiger partial charge is 0.497 e. The Kier molecular flexibility index (Phi) is 9.49. The van der Waals surface area contributed by atoms with E-state index < -0.39 is 28.5 Å². The maximum atomic E-state index is 13.5. The van der Waals surface area contributed by atoms with Gasteiger partial charge in [-0.05, 0) is 49.6 Å². The molecule has 2 amide bonds. The third-order valence-corrected chi connectivity index (χ3v) is 6.51. The Bertz CT molecular complexity index is 1070. The van der Waals surface area contributed by atoms with Crippen LogP contribution in [0, 0.1) is 12.8 Å². The van der Waals surface area contributed by atoms with E-state index in [9.17, 15) is 18.0 Å². The van der Waals surface area contributed by atoms with E-state index in [4.69, 9.17) is 4.74 Å². The van der Waals surface area contributed by atoms with Gasteiger partial charge in [-0.3, -0.25) is 13.9 Å². The number of benzene rings is 2. The summed E-state index contributed by atoms with van der Waals surface area (Å²) in [5.41, 5.74) is 2.15. The zero-order valence-corrected chi connectivity index (χ0v) is 21.6. The number of hydrogen-bond donors (Lipinski definition) is 1. The van der Waals surface area contributed by atoms with Crippen molar-refractivity contribution in [2.45, 2.75) is 40.3 Å². The number of rotatable bonds is 11. The van der Waals surface area contributed by atoms with Crippen LogP contribution in [0.4, 0.5) is 5.69 Å². The number of ether oxygens (including phenoxy) is 1. The number of carbonyl (C=O) groups is 2. The highest BCUT2D eigenvalue weighted by Gasteiger charge is 2.30. The van der Waals surface area contributed by atoms with E-state index in [1.165, 1.54) is 4.90 Å². The van der Waals surface area contributed by atoms with Gasteiger partial charge in [0, 0.05) is 13.1 Å². The number of aryl methyl sites for hydroxylation is 1. The molecule has 0 aliphatic rings. The Balaban J connectivity index is 2.34. The molecule has 0 aromatic heterocycles. The van der Waals surface area contributed by atoms with Gasteiger partial charge >= 0.3 is 0 Å². The van der Waals surface area contributed by atoms with Gasteiger partial charge in [-0.15, -0.1) is 0 Å². The number of hydrogen-bond acceptors (Lipinski definition) is 5. The Labute approximate surface area is 202 Å². The summed E-state index contributed by atoms with van der Waals surface area (Å²) in [5, 5.41) is 2.86. The summed E-state index contributed by atoms with van der Waals surface area (Å²) in [6, 6.07) is 13.3. The Morgan fingerprint density at radius 3 is 2.09 bits per heavy atom. The van der Waals surface area contributed by atoms with Gasteiger partial charge in [-0.25, -0.2) is 8.42 Å². The summed E-state index contributed by atoms with van der Waals surface area (Å²) in [5.74, 6) is 0.155. The number of nitrogens with zero attached hydrogens (tertiary/aromatic N) is 2. The van der Waals surface area contributed by atoms with Gasteiger partial charge in [0.05, 0.1) is 19.1 Å². The summed E-state index contributed by atoms with van der Waals surface area (Å²) in [6.45, 7) is 7.71. The fraction of sp³-hybridized carbons (Fsp3) is 0.440. The van der Waals surface area contributed by atoms with E-state index in [2.05, 4.69) is 5.32 Å². The highest BCUT2D eigenvalue weighted by molar-refractivity contribution is 7.92. The van der Waals surface area contributed by atoms with E-state index in [0.29, 0.717) is 18.0 Å². The molecule has 0 radical (unpaired) electrons. The van der Waals surface area contributed by atoms with Crippen molar-refractivity contribution in [1.82, 2.24) is 10.2 Å². The molecule has 2 aromatic rings. The predicted molar refractivity (Wildman–Crippen MR) is 134 cm³/mol. The minimum atomic E-state index is -3.74. The lowest BCUT2D eigenvalue weighted by Crippen LogP contribution is -2.51. The van der Waals surface area contributed by atoms with Crippen molar-refractivity contribution in [2.75, 3.05) is 30.8 Å². The normalized spacial score (nSPS) is 12.2. The SMILES string of the molecule is COc1ccc(CN(C(=O)CN(c2ccc(C)cc2)S(C)(=O)=O)[C@@H](C)C(=O)NCC(C)C)cc1. The first-order valence-electron chi connectivity index (χ1n) is 11.2. The molecule has 34 heavy (non-hydrogen) atoms. The van der Waals surface area contributed by atoms with Crippen LogP contribution in [0.5, 0.6) is 5.75 Å². The lowest BCUT2D eigenvalue weighted by molar-refractivity contribution is -0.139. The van der Waals surface area contributed by atoms with Crippen molar-refractivity contribution in [1.29, 1.82) is 0 Å². The molecule has 1 N–H and O–H groups in total. The molecule has 0 saturated heterocycles. The van der Waals surface area contributed by atoms with E-state index in [0.717, 1.165) is 21.7 Å². The molecule has 0 bridgehead atoms. The smallest absolute Gasteiger partial charge is 0.244 e. The van der Waals surface area contributed by atoms with Crippen LogP contribution >= 0.6 is 0 Å². The lowest BCUT2D eigenvalue weighted by Gasteiger charge is -2.31. The molecular formula is C25H35N3O5S. The topological polar surface area (TPSA) is 96.0 Å². The first-order valence-corrected chi connectivity index (χ1v) is 13.0. The Morgan fingerprint density at radius 2 is 1.59 bits per heavy atom. The molecule has 0 aliphatic heterocycles. The van der Waals surface area contributed by atoms with Crippen LogP contribution < -0.4 is 14.4 Å². The molecule has 1 atom stereocenters. The van der Waals surface area contributed by atoms with Crippen LogP contribution in [-0.2, 0) is 26.2 Å². The van der Waals surface area contributed by atoms with Crippen LogP contribution in [0.15, 0.2) is 48.5 Å². The zero-order valence-electron chi connectivity index (χ0n) is 20.7. The number of carbonyl (C=O) groups excluding carboxylic acids is 2. The number of nitrogens with one attached hydrogen (secondary N) is 1. The molecule has 9 heteroatoms. The molecule has 8 nitrogen and oxygen atoms in total. The van der Waals surface area contributed by atoms with E-state index in [-0.39, 0.29) is 18.4 Å². The standard InChI is InChI=1S/C25H35N3O5S/c1-18(2)15-26-25(30)20(4)27(16-21-9-13-23(33-5)14-10-21)24(29)17-28(34(6,31)32)22-11-7-19(3)8-12-22/h7-14,18,20H,15-17H2,1-6H3,(H,26,30)/t20-/m0/s1. The average Bonchev–Trinajstić information content (AvgIpc) is 2.79. The predicted octanol–water partition coefficient (Wildman–Crippen LogP) is 2.96. The van der Waals surface area contributed by atoms with Crippen molar-refractivity contribution in [3.8, 4) is 5.75 Å². The van der Waals surface area contributed by atoms with Gasteiger partial charge in [-0.1, -0.05) is 43.7 Å². The fourth-order valence-electron chi connectivity index (χ4n) is 3.29. The first-order chi connectivity index (χ1) is 15.9. The molecular weight excluding hydrogens is 454 g/mol. The molecule has 186 valence electrons. The minimum absolute atomic E-state index is 0.143. The molecule has 0 saturated carbocycles. The van der Waals surface area contributed by atoms with Crippen molar-refractivity contribution < 1.29 is 22.7 Å². The summed E-state index contributed by atoms with van der Waals surface area (Å²) in [4.78, 5) is 27.7. The third kappa shape index (κ3) is 7.76. The van der Waals surface area contributed by atoms with Gasteiger partial charge in [0.25, 0.3) is 0 Å². The highest BCUT2D eigenvalue weighted by Crippen LogP contribution is 2.20. The Hall–Kier alpha value is -3.07. The lowest BCUT2D eigenvalue weighted by atomic mass is 10.1. The monoisotopic (exact) mass is 489 g/mol. The van der Waals surface area contributed by atoms with Crippen molar-refractivity contribution in [3.63, 3.8) is 0 Å².